The summed E-state index contributed by atoms with van der Waals surface area (Å²) in [7, 11) is -3.81. The lowest BCUT2D eigenvalue weighted by molar-refractivity contribution is 0.595. The van der Waals surface area contributed by atoms with Crippen LogP contribution >= 0.6 is 11.6 Å². The molecule has 7 nitrogen and oxygen atoms in total. The number of hydrogen-bond donors (Lipinski definition) is 2. The second kappa shape index (κ2) is 5.90. The Hall–Kier alpha value is -1.80. The Morgan fingerprint density at radius 1 is 1.48 bits per heavy atom. The smallest absolute Gasteiger partial charge is 0.267 e. The zero-order chi connectivity index (χ0) is 15.6. The molecule has 114 valence electrons. The van der Waals surface area contributed by atoms with Gasteiger partial charge in [0.1, 0.15) is 10.0 Å². The van der Waals surface area contributed by atoms with Crippen LogP contribution in [0.4, 0.5) is 11.5 Å². The number of nitrogens with one attached hydrogen (secondary N) is 1. The van der Waals surface area contributed by atoms with Gasteiger partial charge in [0, 0.05) is 12.7 Å². The third-order valence-electron chi connectivity index (χ3n) is 2.76. The van der Waals surface area contributed by atoms with Crippen molar-refractivity contribution >= 4 is 33.1 Å². The molecule has 2 aromatic rings. The molecule has 0 aromatic carbocycles. The minimum absolute atomic E-state index is 0.0328. The number of aromatic nitrogens is 3. The Labute approximate surface area is 128 Å². The normalized spacial score (nSPS) is 11.6. The van der Waals surface area contributed by atoms with Crippen molar-refractivity contribution in [2.24, 2.45) is 0 Å². The van der Waals surface area contributed by atoms with E-state index in [0.717, 1.165) is 6.42 Å². The van der Waals surface area contributed by atoms with Gasteiger partial charge in [-0.3, -0.25) is 9.40 Å². The van der Waals surface area contributed by atoms with Crippen molar-refractivity contribution in [2.45, 2.75) is 31.7 Å². The van der Waals surface area contributed by atoms with Gasteiger partial charge in [-0.1, -0.05) is 18.5 Å². The van der Waals surface area contributed by atoms with Crippen LogP contribution in [0.5, 0.6) is 0 Å². The molecule has 2 heterocycles. The van der Waals surface area contributed by atoms with Crippen molar-refractivity contribution in [1.29, 1.82) is 0 Å². The summed E-state index contributed by atoms with van der Waals surface area (Å²) in [5.41, 5.74) is 6.67. The summed E-state index contributed by atoms with van der Waals surface area (Å²) < 4.78 is 28.6. The zero-order valence-electron chi connectivity index (χ0n) is 11.7. The second-order valence-corrected chi connectivity index (χ2v) is 6.59. The molecule has 3 N–H and O–H groups in total. The van der Waals surface area contributed by atoms with Crippen LogP contribution in [0.25, 0.3) is 0 Å². The highest BCUT2D eigenvalue weighted by atomic mass is 35.5. The van der Waals surface area contributed by atoms with Crippen LogP contribution in [0.2, 0.25) is 5.15 Å². The average Bonchev–Trinajstić information content (AvgIpc) is 2.76. The molecule has 9 heteroatoms. The van der Waals surface area contributed by atoms with Crippen LogP contribution in [0.3, 0.4) is 0 Å². The molecule has 0 radical (unpaired) electrons. The molecule has 2 aromatic heterocycles. The summed E-state index contributed by atoms with van der Waals surface area (Å²) in [6.45, 7) is 4.30. The highest BCUT2D eigenvalue weighted by molar-refractivity contribution is 7.92. The molecule has 0 unspecified atom stereocenters. The summed E-state index contributed by atoms with van der Waals surface area (Å²) >= 11 is 5.81. The number of halogens is 1. The van der Waals surface area contributed by atoms with Crippen molar-refractivity contribution in [3.63, 3.8) is 0 Å². The Bertz CT molecular complexity index is 757. The van der Waals surface area contributed by atoms with Crippen molar-refractivity contribution < 1.29 is 8.42 Å². The fraction of sp³-hybridized carbons (Fsp3) is 0.333. The van der Waals surface area contributed by atoms with Crippen molar-refractivity contribution in [3.8, 4) is 0 Å². The van der Waals surface area contributed by atoms with Crippen LogP contribution in [-0.2, 0) is 16.6 Å². The molecular formula is C12H16ClN5O2S. The Balaban J connectivity index is 2.31. The molecular weight excluding hydrogens is 314 g/mol. The largest absolute Gasteiger partial charge is 0.381 e. The summed E-state index contributed by atoms with van der Waals surface area (Å²) in [5, 5.41) is 4.31. The van der Waals surface area contributed by atoms with E-state index >= 15 is 0 Å². The molecule has 0 spiro atoms. The van der Waals surface area contributed by atoms with E-state index in [4.69, 9.17) is 17.3 Å². The fourth-order valence-corrected chi connectivity index (χ4v) is 3.00. The number of nitrogens with two attached hydrogens (primary N) is 1. The number of nitrogen functional groups attached to an aromatic ring is 1. The van der Waals surface area contributed by atoms with E-state index in [2.05, 4.69) is 14.8 Å². The maximum absolute atomic E-state index is 12.3. The third kappa shape index (κ3) is 3.45. The first-order valence-electron chi connectivity index (χ1n) is 6.31. The second-order valence-electron chi connectivity index (χ2n) is 4.58. The first kappa shape index (κ1) is 15.6. The van der Waals surface area contributed by atoms with Crippen molar-refractivity contribution in [1.82, 2.24) is 14.8 Å². The van der Waals surface area contributed by atoms with Gasteiger partial charge in [-0.25, -0.2) is 13.4 Å². The standard InChI is InChI=1S/C12H16ClN5O2S/c1-3-4-18-7-10(12(14)16-18)21(19,20)17-9-5-8(2)11(13)15-6-9/h5-7,17H,3-4H2,1-2H3,(H2,14,16). The van der Waals surface area contributed by atoms with Gasteiger partial charge < -0.3 is 5.73 Å². The molecule has 0 saturated heterocycles. The maximum Gasteiger partial charge on any atom is 0.267 e. The Kier molecular flexibility index (Phi) is 4.38. The summed E-state index contributed by atoms with van der Waals surface area (Å²) in [5.74, 6) is -0.0328. The summed E-state index contributed by atoms with van der Waals surface area (Å²) in [6.07, 6.45) is 3.59. The maximum atomic E-state index is 12.3. The van der Waals surface area contributed by atoms with E-state index in [1.807, 2.05) is 6.92 Å². The van der Waals surface area contributed by atoms with Gasteiger partial charge in [0.25, 0.3) is 10.0 Å². The summed E-state index contributed by atoms with van der Waals surface area (Å²) in [4.78, 5) is 3.85. The molecule has 0 aliphatic heterocycles. The monoisotopic (exact) mass is 329 g/mol. The third-order valence-corrected chi connectivity index (χ3v) is 4.56. The number of pyridine rings is 1. The number of rotatable bonds is 5. The highest BCUT2D eigenvalue weighted by Crippen LogP contribution is 2.22. The molecule has 0 saturated carbocycles. The van der Waals surface area contributed by atoms with Gasteiger partial charge in [-0.15, -0.1) is 0 Å². The van der Waals surface area contributed by atoms with Crippen molar-refractivity contribution in [2.75, 3.05) is 10.5 Å². The zero-order valence-corrected chi connectivity index (χ0v) is 13.2. The molecule has 0 fully saturated rings. The average molecular weight is 330 g/mol. The van der Waals surface area contributed by atoms with Crippen molar-refractivity contribution in [3.05, 3.63) is 29.2 Å². The minimum Gasteiger partial charge on any atom is -0.381 e. The number of nitrogens with zero attached hydrogens (tertiary/aromatic N) is 3. The van der Waals surface area contributed by atoms with Crippen LogP contribution in [0.1, 0.15) is 18.9 Å². The highest BCUT2D eigenvalue weighted by Gasteiger charge is 2.21. The van der Waals surface area contributed by atoms with E-state index in [-0.39, 0.29) is 10.7 Å². The number of sulfonamides is 1. The van der Waals surface area contributed by atoms with E-state index in [1.54, 1.807) is 13.0 Å². The minimum atomic E-state index is -3.81. The quantitative estimate of drug-likeness (QED) is 0.817. The molecule has 0 aliphatic carbocycles. The number of aryl methyl sites for hydroxylation is 2. The van der Waals surface area contributed by atoms with Gasteiger partial charge in [0.2, 0.25) is 0 Å². The first-order chi connectivity index (χ1) is 9.83. The van der Waals surface area contributed by atoms with Gasteiger partial charge in [0.15, 0.2) is 5.82 Å². The summed E-state index contributed by atoms with van der Waals surface area (Å²) in [6, 6.07) is 1.60. The van der Waals surface area contributed by atoms with E-state index in [1.165, 1.54) is 17.1 Å². The first-order valence-corrected chi connectivity index (χ1v) is 8.17. The molecule has 21 heavy (non-hydrogen) atoms. The van der Waals surface area contributed by atoms with E-state index in [9.17, 15) is 8.42 Å². The number of hydrogen-bond acceptors (Lipinski definition) is 5. The fourth-order valence-electron chi connectivity index (χ4n) is 1.79. The predicted molar refractivity (Wildman–Crippen MR) is 81.7 cm³/mol. The Morgan fingerprint density at radius 3 is 2.81 bits per heavy atom. The lowest BCUT2D eigenvalue weighted by atomic mass is 10.3. The van der Waals surface area contributed by atoms with Crippen LogP contribution in [-0.4, -0.2) is 23.2 Å². The molecule has 0 amide bonds. The Morgan fingerprint density at radius 2 is 2.19 bits per heavy atom. The predicted octanol–water partition coefficient (Wildman–Crippen LogP) is 2.03. The molecule has 0 atom stereocenters. The van der Waals surface area contributed by atoms with Crippen LogP contribution in [0, 0.1) is 6.92 Å². The van der Waals surface area contributed by atoms with Gasteiger partial charge in [-0.05, 0) is 25.0 Å². The van der Waals surface area contributed by atoms with Crippen LogP contribution < -0.4 is 10.5 Å². The topological polar surface area (TPSA) is 103 Å². The van der Waals surface area contributed by atoms with Crippen LogP contribution in [0.15, 0.2) is 23.4 Å². The van der Waals surface area contributed by atoms with E-state index < -0.39 is 10.0 Å². The molecule has 0 bridgehead atoms. The SMILES string of the molecule is CCCn1cc(S(=O)(=O)Nc2cnc(Cl)c(C)c2)c(N)n1. The lowest BCUT2D eigenvalue weighted by Crippen LogP contribution is -2.14. The molecule has 0 aliphatic rings. The number of anilines is 2. The lowest BCUT2D eigenvalue weighted by Gasteiger charge is -2.07. The van der Waals surface area contributed by atoms with Gasteiger partial charge in [0.05, 0.1) is 11.9 Å². The molecule has 2 rings (SSSR count). The van der Waals surface area contributed by atoms with E-state index in [0.29, 0.717) is 22.9 Å². The van der Waals surface area contributed by atoms with Gasteiger partial charge >= 0.3 is 0 Å². The van der Waals surface area contributed by atoms with Gasteiger partial charge in [-0.2, -0.15) is 5.10 Å².